The molecule has 0 aromatic carbocycles. The van der Waals surface area contributed by atoms with Crippen molar-refractivity contribution in [3.63, 3.8) is 0 Å². The maximum atomic E-state index is 12.8. The molecule has 1 saturated heterocycles. The molecule has 116 valence electrons. The number of carbonyl (C=O) groups is 1. The van der Waals surface area contributed by atoms with Crippen molar-refractivity contribution in [2.75, 3.05) is 19.6 Å². The molecular weight excluding hydrogens is 248 g/mol. The standard InChI is InChI=1S/C17H32N2O/c1-3-7-17(10-12-18-13-11-17)15(20)19-14-16(4-2)8-5-6-9-16/h18H,3-14H2,1-2H3,(H,19,20). The fourth-order valence-electron chi connectivity index (χ4n) is 4.21. The Balaban J connectivity index is 1.94. The molecule has 1 aliphatic heterocycles. The summed E-state index contributed by atoms with van der Waals surface area (Å²) in [5.41, 5.74) is 0.309. The van der Waals surface area contributed by atoms with Gasteiger partial charge in [0.2, 0.25) is 5.91 Å². The lowest BCUT2D eigenvalue weighted by atomic mass is 9.74. The molecule has 1 saturated carbocycles. The molecule has 0 radical (unpaired) electrons. The highest BCUT2D eigenvalue weighted by atomic mass is 16.2. The number of amides is 1. The average Bonchev–Trinajstić information content (AvgIpc) is 2.95. The third-order valence-corrected chi connectivity index (χ3v) is 5.81. The molecule has 3 heteroatoms. The van der Waals surface area contributed by atoms with Crippen molar-refractivity contribution in [1.82, 2.24) is 10.6 Å². The van der Waals surface area contributed by atoms with Crippen molar-refractivity contribution >= 4 is 5.91 Å². The van der Waals surface area contributed by atoms with Gasteiger partial charge in [0.15, 0.2) is 0 Å². The second kappa shape index (κ2) is 6.93. The van der Waals surface area contributed by atoms with E-state index < -0.39 is 0 Å². The summed E-state index contributed by atoms with van der Waals surface area (Å²) in [4.78, 5) is 12.8. The Kier molecular flexibility index (Phi) is 5.48. The SMILES string of the molecule is CCCC1(C(=O)NCC2(CC)CCCC2)CCNCC1. The lowest BCUT2D eigenvalue weighted by Gasteiger charge is -2.37. The van der Waals surface area contributed by atoms with Gasteiger partial charge in [0.05, 0.1) is 5.41 Å². The van der Waals surface area contributed by atoms with E-state index in [1.807, 2.05) is 0 Å². The Bertz CT molecular complexity index is 309. The summed E-state index contributed by atoms with van der Waals surface area (Å²) in [5.74, 6) is 0.334. The number of hydrogen-bond acceptors (Lipinski definition) is 2. The van der Waals surface area contributed by atoms with E-state index in [0.29, 0.717) is 11.3 Å². The van der Waals surface area contributed by atoms with E-state index in [0.717, 1.165) is 45.3 Å². The van der Waals surface area contributed by atoms with Gasteiger partial charge in [-0.25, -0.2) is 0 Å². The second-order valence-corrected chi connectivity index (χ2v) is 7.02. The van der Waals surface area contributed by atoms with Crippen LogP contribution in [0.5, 0.6) is 0 Å². The number of nitrogens with one attached hydrogen (secondary N) is 2. The van der Waals surface area contributed by atoms with Crippen molar-refractivity contribution < 1.29 is 4.79 Å². The highest BCUT2D eigenvalue weighted by molar-refractivity contribution is 5.82. The Morgan fingerprint density at radius 1 is 1.10 bits per heavy atom. The van der Waals surface area contributed by atoms with E-state index in [2.05, 4.69) is 24.5 Å². The van der Waals surface area contributed by atoms with E-state index in [9.17, 15) is 4.79 Å². The molecule has 1 amide bonds. The van der Waals surface area contributed by atoms with Gasteiger partial charge < -0.3 is 10.6 Å². The summed E-state index contributed by atoms with van der Waals surface area (Å²) in [6, 6.07) is 0. The van der Waals surface area contributed by atoms with Gasteiger partial charge in [-0.1, -0.05) is 33.1 Å². The Morgan fingerprint density at radius 3 is 2.30 bits per heavy atom. The maximum absolute atomic E-state index is 12.8. The van der Waals surface area contributed by atoms with E-state index >= 15 is 0 Å². The molecule has 2 aliphatic rings. The minimum atomic E-state index is -0.0897. The van der Waals surface area contributed by atoms with Crippen molar-refractivity contribution in [3.05, 3.63) is 0 Å². The smallest absolute Gasteiger partial charge is 0.226 e. The van der Waals surface area contributed by atoms with Gasteiger partial charge in [-0.15, -0.1) is 0 Å². The minimum absolute atomic E-state index is 0.0897. The third-order valence-electron chi connectivity index (χ3n) is 5.81. The first kappa shape index (κ1) is 15.8. The monoisotopic (exact) mass is 280 g/mol. The van der Waals surface area contributed by atoms with Gasteiger partial charge in [0, 0.05) is 6.54 Å². The highest BCUT2D eigenvalue weighted by Gasteiger charge is 2.40. The molecule has 0 atom stereocenters. The zero-order chi connectivity index (χ0) is 14.5. The quantitative estimate of drug-likeness (QED) is 0.784. The molecule has 1 aliphatic carbocycles. The molecule has 3 nitrogen and oxygen atoms in total. The summed E-state index contributed by atoms with van der Waals surface area (Å²) in [6.45, 7) is 7.37. The molecule has 20 heavy (non-hydrogen) atoms. The van der Waals surface area contributed by atoms with Crippen molar-refractivity contribution in [3.8, 4) is 0 Å². The van der Waals surface area contributed by atoms with Crippen LogP contribution in [0.4, 0.5) is 0 Å². The lowest BCUT2D eigenvalue weighted by molar-refractivity contribution is -0.133. The maximum Gasteiger partial charge on any atom is 0.226 e. The summed E-state index contributed by atoms with van der Waals surface area (Å²) in [7, 11) is 0. The van der Waals surface area contributed by atoms with Crippen molar-refractivity contribution in [1.29, 1.82) is 0 Å². The number of piperidine rings is 1. The van der Waals surface area contributed by atoms with E-state index in [1.54, 1.807) is 0 Å². The van der Waals surface area contributed by atoms with Crippen LogP contribution in [0.25, 0.3) is 0 Å². The predicted molar refractivity (Wildman–Crippen MR) is 83.6 cm³/mol. The van der Waals surface area contributed by atoms with Gasteiger partial charge in [-0.2, -0.15) is 0 Å². The Labute approximate surface area is 124 Å². The molecule has 2 N–H and O–H groups in total. The van der Waals surface area contributed by atoms with Gasteiger partial charge >= 0.3 is 0 Å². The lowest BCUT2D eigenvalue weighted by Crippen LogP contribution is -2.49. The fraction of sp³-hybridized carbons (Fsp3) is 0.941. The van der Waals surface area contributed by atoms with Crippen LogP contribution < -0.4 is 10.6 Å². The van der Waals surface area contributed by atoms with Crippen LogP contribution in [0.1, 0.15) is 71.6 Å². The van der Waals surface area contributed by atoms with Crippen LogP contribution in [-0.4, -0.2) is 25.5 Å². The first-order valence-electron chi connectivity index (χ1n) is 8.65. The molecule has 0 aromatic heterocycles. The summed E-state index contributed by atoms with van der Waals surface area (Å²) < 4.78 is 0. The number of rotatable bonds is 6. The van der Waals surface area contributed by atoms with Gasteiger partial charge in [0.1, 0.15) is 0 Å². The van der Waals surface area contributed by atoms with Crippen LogP contribution in [0, 0.1) is 10.8 Å². The minimum Gasteiger partial charge on any atom is -0.355 e. The Morgan fingerprint density at radius 2 is 1.75 bits per heavy atom. The van der Waals surface area contributed by atoms with Gasteiger partial charge in [0.25, 0.3) is 0 Å². The zero-order valence-electron chi connectivity index (χ0n) is 13.4. The summed E-state index contributed by atoms with van der Waals surface area (Å²) in [6.07, 6.45) is 10.6. The normalized spacial score (nSPS) is 24.5. The van der Waals surface area contributed by atoms with Crippen LogP contribution >= 0.6 is 0 Å². The van der Waals surface area contributed by atoms with E-state index in [-0.39, 0.29) is 5.41 Å². The second-order valence-electron chi connectivity index (χ2n) is 7.02. The molecule has 0 bridgehead atoms. The Hall–Kier alpha value is -0.570. The molecule has 2 fully saturated rings. The van der Waals surface area contributed by atoms with Gasteiger partial charge in [-0.05, 0) is 57.0 Å². The van der Waals surface area contributed by atoms with Crippen LogP contribution in [0.15, 0.2) is 0 Å². The van der Waals surface area contributed by atoms with Crippen molar-refractivity contribution in [2.24, 2.45) is 10.8 Å². The van der Waals surface area contributed by atoms with Crippen LogP contribution in [0.3, 0.4) is 0 Å². The van der Waals surface area contributed by atoms with Crippen LogP contribution in [-0.2, 0) is 4.79 Å². The molecule has 2 rings (SSSR count). The summed E-state index contributed by atoms with van der Waals surface area (Å²) >= 11 is 0. The van der Waals surface area contributed by atoms with Gasteiger partial charge in [-0.3, -0.25) is 4.79 Å². The first-order chi connectivity index (χ1) is 9.66. The molecule has 0 unspecified atom stereocenters. The van der Waals surface area contributed by atoms with E-state index in [4.69, 9.17) is 0 Å². The third kappa shape index (κ3) is 3.36. The molecule has 1 heterocycles. The number of hydrogen-bond donors (Lipinski definition) is 2. The average molecular weight is 280 g/mol. The largest absolute Gasteiger partial charge is 0.355 e. The van der Waals surface area contributed by atoms with Crippen molar-refractivity contribution in [2.45, 2.75) is 71.6 Å². The summed E-state index contributed by atoms with van der Waals surface area (Å²) in [5, 5.41) is 6.73. The van der Waals surface area contributed by atoms with Crippen LogP contribution in [0.2, 0.25) is 0 Å². The molecule has 0 aromatic rings. The first-order valence-corrected chi connectivity index (χ1v) is 8.65. The van der Waals surface area contributed by atoms with E-state index in [1.165, 1.54) is 32.1 Å². The fourth-order valence-corrected chi connectivity index (χ4v) is 4.21. The topological polar surface area (TPSA) is 41.1 Å². The molecule has 0 spiro atoms. The highest BCUT2D eigenvalue weighted by Crippen LogP contribution is 2.41. The number of carbonyl (C=O) groups excluding carboxylic acids is 1. The zero-order valence-corrected chi connectivity index (χ0v) is 13.4. The predicted octanol–water partition coefficient (Wildman–Crippen LogP) is 3.24. The molecular formula is C17H32N2O.